The molecule has 2 aromatic carbocycles. The van der Waals surface area contributed by atoms with Gasteiger partial charge in [-0.15, -0.1) is 0 Å². The molecule has 2 aliphatic rings. The van der Waals surface area contributed by atoms with Gasteiger partial charge in [-0.1, -0.05) is 0 Å². The molecule has 0 nitrogen and oxygen atoms in total. The van der Waals surface area contributed by atoms with Crippen LogP contribution in [0.4, 0.5) is 0 Å². The van der Waals surface area contributed by atoms with Crippen LogP contribution in [0.25, 0.3) is 11.1 Å². The molecular formula is C29H37Cl2Zr. The Kier molecular flexibility index (Phi) is 8.58. The van der Waals surface area contributed by atoms with Crippen molar-refractivity contribution in [1.82, 2.24) is 0 Å². The van der Waals surface area contributed by atoms with Crippen molar-refractivity contribution in [3.8, 4) is 11.1 Å². The van der Waals surface area contributed by atoms with Crippen LogP contribution in [0.3, 0.4) is 0 Å². The van der Waals surface area contributed by atoms with Crippen LogP contribution < -0.4 is 28.1 Å². The molecule has 0 saturated carbocycles. The molecule has 0 aliphatic heterocycles. The van der Waals surface area contributed by atoms with Crippen LogP contribution in [0.5, 0.6) is 0 Å². The molecule has 171 valence electrons. The third-order valence-corrected chi connectivity index (χ3v) is 14.9. The number of hydrogen-bond donors (Lipinski definition) is 0. The van der Waals surface area contributed by atoms with Gasteiger partial charge in [0.2, 0.25) is 0 Å². The predicted octanol–water partition coefficient (Wildman–Crippen LogP) is 1.78. The summed E-state index contributed by atoms with van der Waals surface area (Å²) in [6, 6.07) is 12.2. The maximum Gasteiger partial charge on any atom is -1.00 e. The van der Waals surface area contributed by atoms with Crippen molar-refractivity contribution in [2.45, 2.75) is 82.7 Å². The van der Waals surface area contributed by atoms with Gasteiger partial charge in [-0.25, -0.2) is 0 Å². The first-order valence-corrected chi connectivity index (χ1v) is 15.4. The van der Waals surface area contributed by atoms with Crippen molar-refractivity contribution in [3.05, 3.63) is 74.1 Å². The average molecular weight is 548 g/mol. The first-order valence-electron chi connectivity index (χ1n) is 11.5. The summed E-state index contributed by atoms with van der Waals surface area (Å²) >= 11 is -2.02. The number of hydrogen-bond acceptors (Lipinski definition) is 0. The van der Waals surface area contributed by atoms with Crippen LogP contribution in [-0.4, -0.2) is 0 Å². The van der Waals surface area contributed by atoms with Gasteiger partial charge in [0.05, 0.1) is 0 Å². The third kappa shape index (κ3) is 5.06. The summed E-state index contributed by atoms with van der Waals surface area (Å²) in [7, 11) is 0. The van der Waals surface area contributed by atoms with Crippen molar-refractivity contribution in [2.24, 2.45) is 0 Å². The smallest absolute Gasteiger partial charge is 1.00 e. The molecule has 0 spiro atoms. The van der Waals surface area contributed by atoms with E-state index < -0.39 is 21.8 Å². The van der Waals surface area contributed by atoms with Crippen LogP contribution in [-0.2, 0) is 39.0 Å². The molecule has 0 N–H and O–H groups in total. The molecule has 0 radical (unpaired) electrons. The molecule has 32 heavy (non-hydrogen) atoms. The maximum absolute atomic E-state index is 2.49. The number of rotatable bonds is 3. The SMILES string of the molecule is C[CH](C)[Zr+2]([C]1=CC=CC1)[c]1c(C(C)(C)C)ccc2c1Cc1cc(C(C)(C)C)ccc1-2.[Cl-].[Cl-]. The standard InChI is InChI=1S/C21H25.C5H5.C3H7.2ClH.Zr/c1-20(2,3)16-7-9-18-14(12-16)11-15-13-17(21(4,5)6)8-10-19(15)18;1-2-4-5-3-1;1-3-2;;;/h7-10,12H,11H2,1-6H3;1-3H,4H2;3H,1-2H3;2*1H;/q;;;;;+2/p-2. The maximum atomic E-state index is 2.49. The fourth-order valence-corrected chi connectivity index (χ4v) is 13.9. The van der Waals surface area contributed by atoms with Gasteiger partial charge in [0.15, 0.2) is 0 Å². The van der Waals surface area contributed by atoms with Crippen molar-refractivity contribution in [3.63, 3.8) is 0 Å². The first-order chi connectivity index (χ1) is 14.0. The van der Waals surface area contributed by atoms with Gasteiger partial charge in [0.25, 0.3) is 0 Å². The predicted molar refractivity (Wildman–Crippen MR) is 129 cm³/mol. The van der Waals surface area contributed by atoms with E-state index in [4.69, 9.17) is 0 Å². The largest absolute Gasteiger partial charge is 1.00 e. The fraction of sp³-hybridized carbons (Fsp3) is 0.448. The van der Waals surface area contributed by atoms with Gasteiger partial charge in [-0.3, -0.25) is 0 Å². The van der Waals surface area contributed by atoms with Crippen LogP contribution in [0.1, 0.15) is 84.1 Å². The molecule has 2 aliphatic carbocycles. The third-order valence-electron chi connectivity index (χ3n) is 6.71. The molecule has 2 aromatic rings. The molecule has 0 heterocycles. The molecule has 4 rings (SSSR count). The number of halogens is 2. The first kappa shape index (κ1) is 27.6. The zero-order valence-corrected chi connectivity index (χ0v) is 24.8. The second kappa shape index (κ2) is 9.94. The minimum atomic E-state index is -2.02. The Labute approximate surface area is 216 Å². The van der Waals surface area contributed by atoms with E-state index in [9.17, 15) is 0 Å². The van der Waals surface area contributed by atoms with Gasteiger partial charge >= 0.3 is 193 Å². The number of fused-ring (bicyclic) bond motifs is 3. The molecule has 0 saturated heterocycles. The van der Waals surface area contributed by atoms with E-state index in [0.29, 0.717) is 0 Å². The Morgan fingerprint density at radius 3 is 2.03 bits per heavy atom. The van der Waals surface area contributed by atoms with Gasteiger partial charge in [0, 0.05) is 0 Å². The minimum absolute atomic E-state index is 0. The summed E-state index contributed by atoms with van der Waals surface area (Å²) in [5, 5.41) is 0. The van der Waals surface area contributed by atoms with Gasteiger partial charge in [-0.05, 0) is 0 Å². The Balaban J connectivity index is 0.00000181. The van der Waals surface area contributed by atoms with Crippen molar-refractivity contribution in [2.75, 3.05) is 0 Å². The van der Waals surface area contributed by atoms with Gasteiger partial charge < -0.3 is 24.8 Å². The van der Waals surface area contributed by atoms with E-state index in [1.54, 1.807) is 17.7 Å². The summed E-state index contributed by atoms with van der Waals surface area (Å²) < 4.78 is 4.36. The Hall–Kier alpha value is -0.617. The Morgan fingerprint density at radius 1 is 0.844 bits per heavy atom. The normalized spacial score (nSPS) is 14.5. The molecule has 0 unspecified atom stereocenters. The second-order valence-corrected chi connectivity index (χ2v) is 19.1. The number of allylic oxidation sites excluding steroid dienone is 4. The van der Waals surface area contributed by atoms with E-state index in [1.165, 1.54) is 28.7 Å². The minimum Gasteiger partial charge on any atom is -1.00 e. The quantitative estimate of drug-likeness (QED) is 0.469. The fourth-order valence-electron chi connectivity index (χ4n) is 5.14. The van der Waals surface area contributed by atoms with Crippen LogP contribution in [0, 0.1) is 0 Å². The Morgan fingerprint density at radius 2 is 1.50 bits per heavy atom. The second-order valence-electron chi connectivity index (χ2n) is 11.5. The van der Waals surface area contributed by atoms with E-state index in [-0.39, 0.29) is 35.6 Å². The zero-order chi connectivity index (χ0) is 21.8. The van der Waals surface area contributed by atoms with Crippen LogP contribution in [0.2, 0.25) is 3.63 Å². The van der Waals surface area contributed by atoms with Gasteiger partial charge in [-0.2, -0.15) is 0 Å². The molecule has 0 fully saturated rings. The van der Waals surface area contributed by atoms with Crippen LogP contribution in [0.15, 0.2) is 51.8 Å². The average Bonchev–Trinajstić information content (AvgIpc) is 3.27. The summed E-state index contributed by atoms with van der Waals surface area (Å²) in [5.74, 6) is 0. The van der Waals surface area contributed by atoms with Crippen molar-refractivity contribution >= 4 is 3.27 Å². The van der Waals surface area contributed by atoms with E-state index in [0.717, 1.165) is 10.0 Å². The molecule has 0 bridgehead atoms. The number of benzene rings is 2. The molecule has 0 amide bonds. The zero-order valence-electron chi connectivity index (χ0n) is 20.9. The van der Waals surface area contributed by atoms with Gasteiger partial charge in [0.1, 0.15) is 0 Å². The molecule has 0 aromatic heterocycles. The molecule has 0 atom stereocenters. The summed E-state index contributed by atoms with van der Waals surface area (Å²) in [6.45, 7) is 19.2. The van der Waals surface area contributed by atoms with E-state index in [1.807, 2.05) is 0 Å². The summed E-state index contributed by atoms with van der Waals surface area (Å²) in [6.07, 6.45) is 9.41. The van der Waals surface area contributed by atoms with Crippen molar-refractivity contribution in [1.29, 1.82) is 0 Å². The van der Waals surface area contributed by atoms with Crippen molar-refractivity contribution < 1.29 is 46.6 Å². The summed E-state index contributed by atoms with van der Waals surface area (Å²) in [4.78, 5) is 0. The van der Waals surface area contributed by atoms with E-state index in [2.05, 4.69) is 104 Å². The van der Waals surface area contributed by atoms with Crippen LogP contribution >= 0.6 is 0 Å². The molecular weight excluding hydrogens is 510 g/mol. The molecule has 3 heteroatoms. The topological polar surface area (TPSA) is 0 Å². The monoisotopic (exact) mass is 545 g/mol. The van der Waals surface area contributed by atoms with E-state index >= 15 is 0 Å². The Bertz CT molecular complexity index is 1050. The summed E-state index contributed by atoms with van der Waals surface area (Å²) in [5.41, 5.74) is 9.64.